The number of rotatable bonds is 7. The summed E-state index contributed by atoms with van der Waals surface area (Å²) in [4.78, 5) is 4.25. The first-order valence-corrected chi connectivity index (χ1v) is 8.31. The van der Waals surface area contributed by atoms with Gasteiger partial charge in [0.25, 0.3) is 0 Å². The van der Waals surface area contributed by atoms with E-state index in [1.807, 2.05) is 26.0 Å². The summed E-state index contributed by atoms with van der Waals surface area (Å²) in [6, 6.07) is 10.1. The zero-order valence-electron chi connectivity index (χ0n) is 15.3. The second-order valence-electron chi connectivity index (χ2n) is 5.96. The first-order chi connectivity index (χ1) is 11.6. The molecule has 25 heavy (non-hydrogen) atoms. The lowest BCUT2D eigenvalue weighted by atomic mass is 10.1. The quantitative estimate of drug-likeness (QED) is 0.376. The number of nitrogens with zero attached hydrogens (tertiary/aromatic N) is 1. The molecule has 1 heterocycles. The van der Waals surface area contributed by atoms with Crippen molar-refractivity contribution >= 4 is 29.9 Å². The predicted molar refractivity (Wildman–Crippen MR) is 113 cm³/mol. The van der Waals surface area contributed by atoms with Crippen LogP contribution in [0.3, 0.4) is 0 Å². The first-order valence-electron chi connectivity index (χ1n) is 8.31. The number of benzene rings is 1. The SMILES string of the molecule is CN=C(NCCc1ccco1)NCc1ccc(C)cc1OC(C)C.I. The number of aryl methyl sites for hydroxylation is 1. The third kappa shape index (κ3) is 7.37. The van der Waals surface area contributed by atoms with Gasteiger partial charge in [-0.3, -0.25) is 4.99 Å². The molecule has 5 nitrogen and oxygen atoms in total. The van der Waals surface area contributed by atoms with Gasteiger partial charge in [0, 0.05) is 32.1 Å². The van der Waals surface area contributed by atoms with Gasteiger partial charge in [-0.05, 0) is 44.5 Å². The van der Waals surface area contributed by atoms with Crippen molar-refractivity contribution in [3.8, 4) is 5.75 Å². The molecule has 2 aromatic rings. The summed E-state index contributed by atoms with van der Waals surface area (Å²) < 4.78 is 11.2. The third-order valence-electron chi connectivity index (χ3n) is 3.50. The lowest BCUT2D eigenvalue weighted by Crippen LogP contribution is -2.37. The van der Waals surface area contributed by atoms with E-state index in [1.54, 1.807) is 13.3 Å². The highest BCUT2D eigenvalue weighted by molar-refractivity contribution is 14.0. The van der Waals surface area contributed by atoms with Crippen molar-refractivity contribution in [1.29, 1.82) is 0 Å². The minimum atomic E-state index is 0. The molecule has 0 atom stereocenters. The Morgan fingerprint density at radius 1 is 1.24 bits per heavy atom. The Morgan fingerprint density at radius 2 is 2.04 bits per heavy atom. The summed E-state index contributed by atoms with van der Waals surface area (Å²) in [5, 5.41) is 6.61. The highest BCUT2D eigenvalue weighted by atomic mass is 127. The largest absolute Gasteiger partial charge is 0.491 e. The minimum Gasteiger partial charge on any atom is -0.491 e. The number of halogens is 1. The highest BCUT2D eigenvalue weighted by Gasteiger charge is 2.07. The molecule has 1 aromatic heterocycles. The van der Waals surface area contributed by atoms with Gasteiger partial charge in [0.1, 0.15) is 11.5 Å². The molecule has 0 unspecified atom stereocenters. The topological polar surface area (TPSA) is 58.8 Å². The average molecular weight is 457 g/mol. The fraction of sp³-hybridized carbons (Fsp3) is 0.421. The van der Waals surface area contributed by atoms with Crippen molar-refractivity contribution in [3.05, 3.63) is 53.5 Å². The normalized spacial score (nSPS) is 11.2. The van der Waals surface area contributed by atoms with E-state index in [0.29, 0.717) is 6.54 Å². The van der Waals surface area contributed by atoms with Crippen LogP contribution in [0.4, 0.5) is 0 Å². The summed E-state index contributed by atoms with van der Waals surface area (Å²) in [5.74, 6) is 2.64. The minimum absolute atomic E-state index is 0. The third-order valence-corrected chi connectivity index (χ3v) is 3.50. The van der Waals surface area contributed by atoms with Crippen LogP contribution in [0.15, 0.2) is 46.0 Å². The van der Waals surface area contributed by atoms with Gasteiger partial charge in [0.15, 0.2) is 5.96 Å². The highest BCUT2D eigenvalue weighted by Crippen LogP contribution is 2.21. The Bertz CT molecular complexity index is 655. The molecule has 0 aliphatic carbocycles. The van der Waals surface area contributed by atoms with Crippen molar-refractivity contribution in [2.75, 3.05) is 13.6 Å². The number of furan rings is 1. The standard InChI is InChI=1S/C19H27N3O2.HI/c1-14(2)24-18-12-15(3)7-8-16(18)13-22-19(20-4)21-10-9-17-6-5-11-23-17;/h5-8,11-12,14H,9-10,13H2,1-4H3,(H2,20,21,22);1H. The van der Waals surface area contributed by atoms with E-state index < -0.39 is 0 Å². The second kappa shape index (κ2) is 11.0. The van der Waals surface area contributed by atoms with Crippen molar-refractivity contribution < 1.29 is 9.15 Å². The van der Waals surface area contributed by atoms with Crippen molar-refractivity contribution in [2.24, 2.45) is 4.99 Å². The van der Waals surface area contributed by atoms with Crippen LogP contribution < -0.4 is 15.4 Å². The van der Waals surface area contributed by atoms with Gasteiger partial charge in [0.2, 0.25) is 0 Å². The molecule has 0 aliphatic rings. The lowest BCUT2D eigenvalue weighted by molar-refractivity contribution is 0.239. The van der Waals surface area contributed by atoms with Crippen LogP contribution in [0.25, 0.3) is 0 Å². The second-order valence-corrected chi connectivity index (χ2v) is 5.96. The smallest absolute Gasteiger partial charge is 0.191 e. The molecule has 0 aliphatic heterocycles. The zero-order chi connectivity index (χ0) is 17.4. The van der Waals surface area contributed by atoms with Crippen LogP contribution in [0.1, 0.15) is 30.7 Å². The molecule has 0 radical (unpaired) electrons. The molecule has 2 N–H and O–H groups in total. The Hall–Kier alpha value is -1.70. The van der Waals surface area contributed by atoms with E-state index in [2.05, 4.69) is 40.7 Å². The molecule has 6 heteroatoms. The molecule has 0 fully saturated rings. The van der Waals surface area contributed by atoms with Gasteiger partial charge < -0.3 is 19.8 Å². The van der Waals surface area contributed by atoms with Gasteiger partial charge in [-0.1, -0.05) is 12.1 Å². The molecular weight excluding hydrogens is 429 g/mol. The van der Waals surface area contributed by atoms with Crippen LogP contribution in [0.2, 0.25) is 0 Å². The predicted octanol–water partition coefficient (Wildman–Crippen LogP) is 3.90. The van der Waals surface area contributed by atoms with Gasteiger partial charge >= 0.3 is 0 Å². The van der Waals surface area contributed by atoms with E-state index in [1.165, 1.54) is 5.56 Å². The van der Waals surface area contributed by atoms with Crippen LogP contribution in [-0.4, -0.2) is 25.7 Å². The van der Waals surface area contributed by atoms with Gasteiger partial charge in [-0.25, -0.2) is 0 Å². The molecule has 0 saturated carbocycles. The fourth-order valence-electron chi connectivity index (χ4n) is 2.33. The summed E-state index contributed by atoms with van der Waals surface area (Å²) in [5.41, 5.74) is 2.30. The fourth-order valence-corrected chi connectivity index (χ4v) is 2.33. The molecule has 0 amide bonds. The van der Waals surface area contributed by atoms with Crippen LogP contribution in [-0.2, 0) is 13.0 Å². The van der Waals surface area contributed by atoms with Crippen molar-refractivity contribution in [1.82, 2.24) is 10.6 Å². The van der Waals surface area contributed by atoms with Gasteiger partial charge in [0.05, 0.1) is 12.4 Å². The number of guanidine groups is 1. The van der Waals surface area contributed by atoms with Crippen LogP contribution >= 0.6 is 24.0 Å². The van der Waals surface area contributed by atoms with E-state index >= 15 is 0 Å². The Kier molecular flexibility index (Phi) is 9.41. The molecule has 0 spiro atoms. The maximum atomic E-state index is 5.91. The molecule has 0 saturated heterocycles. The zero-order valence-corrected chi connectivity index (χ0v) is 17.7. The summed E-state index contributed by atoms with van der Waals surface area (Å²) in [6.45, 7) is 7.56. The van der Waals surface area contributed by atoms with Gasteiger partial charge in [-0.15, -0.1) is 24.0 Å². The Labute approximate surface area is 167 Å². The van der Waals surface area contributed by atoms with Crippen LogP contribution in [0.5, 0.6) is 5.75 Å². The van der Waals surface area contributed by atoms with Crippen molar-refractivity contribution in [2.45, 2.75) is 39.8 Å². The average Bonchev–Trinajstić information content (AvgIpc) is 3.05. The van der Waals surface area contributed by atoms with E-state index in [4.69, 9.17) is 9.15 Å². The molecule has 0 bridgehead atoms. The Balaban J connectivity index is 0.00000312. The number of hydrogen-bond donors (Lipinski definition) is 2. The first kappa shape index (κ1) is 21.3. The van der Waals surface area contributed by atoms with E-state index in [0.717, 1.165) is 36.0 Å². The maximum absolute atomic E-state index is 5.91. The molecule has 1 aromatic carbocycles. The molecular formula is C19H28IN3O2. The number of hydrogen-bond acceptors (Lipinski definition) is 3. The van der Waals surface area contributed by atoms with Crippen LogP contribution in [0, 0.1) is 6.92 Å². The summed E-state index contributed by atoms with van der Waals surface area (Å²) in [7, 11) is 1.77. The molecule has 138 valence electrons. The number of ether oxygens (including phenoxy) is 1. The van der Waals surface area contributed by atoms with E-state index in [9.17, 15) is 0 Å². The van der Waals surface area contributed by atoms with Crippen molar-refractivity contribution in [3.63, 3.8) is 0 Å². The maximum Gasteiger partial charge on any atom is 0.191 e. The monoisotopic (exact) mass is 457 g/mol. The lowest BCUT2D eigenvalue weighted by Gasteiger charge is -2.17. The van der Waals surface area contributed by atoms with E-state index in [-0.39, 0.29) is 30.1 Å². The molecule has 2 rings (SSSR count). The Morgan fingerprint density at radius 3 is 2.68 bits per heavy atom. The number of nitrogens with one attached hydrogen (secondary N) is 2. The summed E-state index contributed by atoms with van der Waals surface area (Å²) in [6.07, 6.45) is 2.66. The van der Waals surface area contributed by atoms with Gasteiger partial charge in [-0.2, -0.15) is 0 Å². The number of aliphatic imine (C=N–C) groups is 1. The summed E-state index contributed by atoms with van der Waals surface area (Å²) >= 11 is 0.